The molecule has 0 aliphatic rings. The Labute approximate surface area is 294 Å². The zero-order valence-electron chi connectivity index (χ0n) is 29.8. The van der Waals surface area contributed by atoms with E-state index in [1.165, 1.54) is 12.1 Å². The van der Waals surface area contributed by atoms with Gasteiger partial charge in [-0.1, -0.05) is 103 Å². The smallest absolute Gasteiger partial charge is 0.336 e. The van der Waals surface area contributed by atoms with Gasteiger partial charge >= 0.3 is 11.9 Å². The molecule has 0 aromatic heterocycles. The quantitative estimate of drug-likeness (QED) is 0.0539. The summed E-state index contributed by atoms with van der Waals surface area (Å²) in [5, 5.41) is 31.5. The molecule has 264 valence electrons. The Bertz CT molecular complexity index is 1880. The summed E-state index contributed by atoms with van der Waals surface area (Å²) < 4.78 is 0. The number of rotatable bonds is 18. The lowest BCUT2D eigenvalue weighted by Gasteiger charge is -2.23. The van der Waals surface area contributed by atoms with Crippen molar-refractivity contribution in [1.82, 2.24) is 10.6 Å². The van der Waals surface area contributed by atoms with E-state index in [1.807, 2.05) is 12.1 Å². The van der Waals surface area contributed by atoms with Gasteiger partial charge in [-0.3, -0.25) is 9.59 Å². The first-order valence-electron chi connectivity index (χ1n) is 18.4. The molecule has 0 aliphatic carbocycles. The van der Waals surface area contributed by atoms with Gasteiger partial charge in [0.2, 0.25) is 0 Å². The van der Waals surface area contributed by atoms with Gasteiger partial charge in [-0.15, -0.1) is 0 Å². The second-order valence-electron chi connectivity index (χ2n) is 13.7. The Hall–Kier alpha value is -4.72. The minimum absolute atomic E-state index is 0.0105. The predicted molar refractivity (Wildman–Crippen MR) is 202 cm³/mol. The van der Waals surface area contributed by atoms with E-state index in [0.717, 1.165) is 93.2 Å². The van der Waals surface area contributed by atoms with E-state index in [-0.39, 0.29) is 40.4 Å². The maximum Gasteiger partial charge on any atom is 0.336 e. The van der Waals surface area contributed by atoms with Crippen molar-refractivity contribution < 1.29 is 29.4 Å². The minimum Gasteiger partial charge on any atom is -0.478 e. The first-order valence-corrected chi connectivity index (χ1v) is 18.4. The maximum atomic E-state index is 14.3. The molecule has 0 heterocycles. The van der Waals surface area contributed by atoms with Crippen molar-refractivity contribution >= 4 is 66.8 Å². The molecule has 0 unspecified atom stereocenters. The minimum atomic E-state index is -1.22. The standard InChI is InChI=1S/C42H50N2O6/c1-5-9-13-25(14-10-6-2)43-39(45)31-21-17-27-29-19-23-33(41(47)48)38-34(42(49)50)24-20-30(36(29)38)28-18-22-32(37(31)35(27)28)40(46)44-26(15-11-7-3)16-12-8-4/h17-26H,5-16H2,1-4H3,(H,43,45)(H,44,46)(H,47,48)(H,49,50). The summed E-state index contributed by atoms with van der Waals surface area (Å²) in [4.78, 5) is 53.3. The van der Waals surface area contributed by atoms with E-state index in [0.29, 0.717) is 32.7 Å². The molecule has 2 amide bonds. The fourth-order valence-corrected chi connectivity index (χ4v) is 7.53. The van der Waals surface area contributed by atoms with Crippen molar-refractivity contribution in [3.8, 4) is 0 Å². The Kier molecular flexibility index (Phi) is 11.9. The average molecular weight is 679 g/mol. The number of hydrogen-bond acceptors (Lipinski definition) is 4. The summed E-state index contributed by atoms with van der Waals surface area (Å²) in [5.41, 5.74) is 0.642. The molecule has 5 aromatic rings. The molecule has 0 radical (unpaired) electrons. The van der Waals surface area contributed by atoms with Crippen molar-refractivity contribution in [3.63, 3.8) is 0 Å². The van der Waals surface area contributed by atoms with E-state index in [9.17, 15) is 29.4 Å². The number of nitrogens with one attached hydrogen (secondary N) is 2. The van der Waals surface area contributed by atoms with Crippen LogP contribution in [0.25, 0.3) is 43.1 Å². The van der Waals surface area contributed by atoms with Gasteiger partial charge in [-0.05, 0) is 82.3 Å². The van der Waals surface area contributed by atoms with Gasteiger partial charge in [0.1, 0.15) is 0 Å². The molecule has 0 bridgehead atoms. The summed E-state index contributed by atoms with van der Waals surface area (Å²) >= 11 is 0. The van der Waals surface area contributed by atoms with Gasteiger partial charge in [0.25, 0.3) is 11.8 Å². The normalized spacial score (nSPS) is 11.8. The summed E-state index contributed by atoms with van der Waals surface area (Å²) in [5.74, 6) is -2.89. The van der Waals surface area contributed by atoms with Crippen molar-refractivity contribution in [2.24, 2.45) is 0 Å². The number of fused-ring (bicyclic) bond motifs is 2. The number of carboxylic acids is 2. The van der Waals surface area contributed by atoms with E-state index < -0.39 is 11.9 Å². The topological polar surface area (TPSA) is 133 Å². The van der Waals surface area contributed by atoms with Crippen LogP contribution < -0.4 is 10.6 Å². The van der Waals surface area contributed by atoms with E-state index in [1.54, 1.807) is 24.3 Å². The largest absolute Gasteiger partial charge is 0.478 e. The Morgan fingerprint density at radius 1 is 0.460 bits per heavy atom. The van der Waals surface area contributed by atoms with Crippen LogP contribution in [0.1, 0.15) is 146 Å². The summed E-state index contributed by atoms with van der Waals surface area (Å²) in [6.45, 7) is 8.56. The average Bonchev–Trinajstić information content (AvgIpc) is 3.11. The van der Waals surface area contributed by atoms with Crippen molar-refractivity contribution in [3.05, 3.63) is 70.8 Å². The van der Waals surface area contributed by atoms with Crippen molar-refractivity contribution in [2.75, 3.05) is 0 Å². The Morgan fingerprint density at radius 3 is 1.02 bits per heavy atom. The van der Waals surface area contributed by atoms with Gasteiger partial charge in [0.15, 0.2) is 0 Å². The van der Waals surface area contributed by atoms with Crippen LogP contribution >= 0.6 is 0 Å². The van der Waals surface area contributed by atoms with E-state index >= 15 is 0 Å². The zero-order valence-corrected chi connectivity index (χ0v) is 29.8. The highest BCUT2D eigenvalue weighted by atomic mass is 16.4. The maximum absolute atomic E-state index is 14.3. The lowest BCUT2D eigenvalue weighted by atomic mass is 9.84. The molecule has 8 nitrogen and oxygen atoms in total. The van der Waals surface area contributed by atoms with Gasteiger partial charge in [-0.2, -0.15) is 0 Å². The van der Waals surface area contributed by atoms with Gasteiger partial charge in [-0.25, -0.2) is 9.59 Å². The first-order chi connectivity index (χ1) is 24.2. The third-order valence-electron chi connectivity index (χ3n) is 10.1. The molecule has 0 saturated carbocycles. The fourth-order valence-electron chi connectivity index (χ4n) is 7.53. The molecule has 0 spiro atoms. The van der Waals surface area contributed by atoms with E-state index in [2.05, 4.69) is 38.3 Å². The summed E-state index contributed by atoms with van der Waals surface area (Å²) in [6, 6.07) is 13.6. The van der Waals surface area contributed by atoms with Crippen molar-refractivity contribution in [2.45, 2.75) is 117 Å². The number of unbranched alkanes of at least 4 members (excludes halogenated alkanes) is 4. The zero-order chi connectivity index (χ0) is 35.9. The first kappa shape index (κ1) is 36.6. The molecule has 8 heteroatoms. The van der Waals surface area contributed by atoms with Crippen LogP contribution in [0.3, 0.4) is 0 Å². The number of carboxylic acid groups (broad SMARTS) is 2. The summed E-state index contributed by atoms with van der Waals surface area (Å²) in [6.07, 6.45) is 11.6. The fraction of sp³-hybridized carbons (Fsp3) is 0.429. The number of carbonyl (C=O) groups excluding carboxylic acids is 2. The predicted octanol–water partition coefficient (Wildman–Crippen LogP) is 10.1. The molecule has 0 atom stereocenters. The van der Waals surface area contributed by atoms with Crippen LogP contribution in [0.5, 0.6) is 0 Å². The van der Waals surface area contributed by atoms with Crippen LogP contribution in [0, 0.1) is 0 Å². The lowest BCUT2D eigenvalue weighted by Crippen LogP contribution is -2.36. The highest BCUT2D eigenvalue weighted by Gasteiger charge is 2.27. The molecule has 0 fully saturated rings. The Morgan fingerprint density at radius 2 is 0.740 bits per heavy atom. The second-order valence-corrected chi connectivity index (χ2v) is 13.7. The van der Waals surface area contributed by atoms with Gasteiger partial charge < -0.3 is 20.8 Å². The number of benzene rings is 5. The molecule has 0 saturated heterocycles. The van der Waals surface area contributed by atoms with Crippen molar-refractivity contribution in [1.29, 1.82) is 0 Å². The third-order valence-corrected chi connectivity index (χ3v) is 10.1. The molecule has 5 aromatic carbocycles. The molecule has 0 aliphatic heterocycles. The summed E-state index contributed by atoms with van der Waals surface area (Å²) in [7, 11) is 0. The number of aromatic carboxylic acids is 2. The van der Waals surface area contributed by atoms with Crippen LogP contribution in [0.15, 0.2) is 48.5 Å². The van der Waals surface area contributed by atoms with Crippen LogP contribution in [0.2, 0.25) is 0 Å². The highest BCUT2D eigenvalue weighted by Crippen LogP contribution is 2.44. The van der Waals surface area contributed by atoms with Crippen LogP contribution in [-0.2, 0) is 0 Å². The monoisotopic (exact) mass is 678 g/mol. The SMILES string of the molecule is CCCCC(CCCC)NC(=O)c1ccc2c3ccc(C(=O)O)c4c(C(=O)O)ccc(c5ccc(C(=O)NC(CCCC)CCCC)c1c25)c43. The number of carbonyl (C=O) groups is 4. The molecular formula is C42H50N2O6. The number of amides is 2. The van der Waals surface area contributed by atoms with E-state index in [4.69, 9.17) is 0 Å². The van der Waals surface area contributed by atoms with Gasteiger partial charge in [0.05, 0.1) is 11.1 Å². The number of hydrogen-bond donors (Lipinski definition) is 4. The molecular weight excluding hydrogens is 628 g/mol. The molecule has 4 N–H and O–H groups in total. The molecule has 50 heavy (non-hydrogen) atoms. The van der Waals surface area contributed by atoms with Crippen LogP contribution in [0.4, 0.5) is 0 Å². The van der Waals surface area contributed by atoms with Crippen LogP contribution in [-0.4, -0.2) is 46.0 Å². The van der Waals surface area contributed by atoms with Gasteiger partial charge in [0, 0.05) is 34.0 Å². The third kappa shape index (κ3) is 7.25. The Balaban J connectivity index is 1.80. The lowest BCUT2D eigenvalue weighted by molar-refractivity contribution is 0.0695. The highest BCUT2D eigenvalue weighted by molar-refractivity contribution is 6.38. The second kappa shape index (κ2) is 16.3. The molecule has 5 rings (SSSR count).